The molecule has 0 N–H and O–H groups in total. The number of sulfonamides is 1. The van der Waals surface area contributed by atoms with Crippen LogP contribution in [0, 0.1) is 0 Å². The Balaban J connectivity index is 1.76. The Morgan fingerprint density at radius 3 is 2.30 bits per heavy atom. The molecule has 0 saturated carbocycles. The van der Waals surface area contributed by atoms with Crippen LogP contribution in [0.25, 0.3) is 0 Å². The van der Waals surface area contributed by atoms with Crippen molar-refractivity contribution >= 4 is 33.5 Å². The molecule has 3 rings (SSSR count). The normalized spacial score (nSPS) is 19.3. The first-order valence-corrected chi connectivity index (χ1v) is 10.9. The van der Waals surface area contributed by atoms with E-state index < -0.39 is 22.1 Å². The summed E-state index contributed by atoms with van der Waals surface area (Å²) in [6, 6.07) is 4.00. The Hall–Kier alpha value is -1.64. The summed E-state index contributed by atoms with van der Waals surface area (Å²) in [6.07, 6.45) is 2.57. The first kappa shape index (κ1) is 20.1. The fourth-order valence-electron chi connectivity index (χ4n) is 3.37. The Labute approximate surface area is 164 Å². The van der Waals surface area contributed by atoms with Gasteiger partial charge in [-0.25, -0.2) is 13.2 Å². The molecule has 0 aromatic heterocycles. The number of halogens is 1. The van der Waals surface area contributed by atoms with Crippen LogP contribution < -0.4 is 0 Å². The zero-order chi connectivity index (χ0) is 19.6. The van der Waals surface area contributed by atoms with Crippen LogP contribution in [-0.2, 0) is 19.6 Å². The Morgan fingerprint density at radius 2 is 1.67 bits per heavy atom. The molecule has 9 heteroatoms. The summed E-state index contributed by atoms with van der Waals surface area (Å²) < 4.78 is 32.2. The van der Waals surface area contributed by atoms with E-state index in [2.05, 4.69) is 0 Å². The van der Waals surface area contributed by atoms with E-state index in [1.807, 2.05) is 0 Å². The quantitative estimate of drug-likeness (QED) is 0.690. The van der Waals surface area contributed by atoms with Crippen molar-refractivity contribution in [3.8, 4) is 0 Å². The van der Waals surface area contributed by atoms with E-state index in [0.717, 1.165) is 25.7 Å². The third kappa shape index (κ3) is 4.28. The van der Waals surface area contributed by atoms with E-state index in [1.54, 1.807) is 4.90 Å². The van der Waals surface area contributed by atoms with Crippen molar-refractivity contribution in [2.24, 2.45) is 0 Å². The predicted molar refractivity (Wildman–Crippen MR) is 100 cm³/mol. The molecule has 148 valence electrons. The highest BCUT2D eigenvalue weighted by Crippen LogP contribution is 2.28. The van der Waals surface area contributed by atoms with Crippen LogP contribution in [0.5, 0.6) is 0 Å². The number of rotatable bonds is 5. The molecule has 2 aliphatic rings. The smallest absolute Gasteiger partial charge is 0.338 e. The summed E-state index contributed by atoms with van der Waals surface area (Å²) in [5, 5.41) is 0.0552. The molecule has 0 radical (unpaired) electrons. The summed E-state index contributed by atoms with van der Waals surface area (Å²) in [5.74, 6) is -0.982. The number of esters is 1. The van der Waals surface area contributed by atoms with E-state index in [0.29, 0.717) is 26.2 Å². The Morgan fingerprint density at radius 1 is 1.07 bits per heavy atom. The molecule has 0 aliphatic carbocycles. The molecule has 2 heterocycles. The molecule has 1 aromatic rings. The lowest BCUT2D eigenvalue weighted by Gasteiger charge is -2.21. The van der Waals surface area contributed by atoms with Crippen LogP contribution in [0.3, 0.4) is 0 Å². The van der Waals surface area contributed by atoms with E-state index in [4.69, 9.17) is 16.3 Å². The lowest BCUT2D eigenvalue weighted by atomic mass is 10.2. The molecule has 27 heavy (non-hydrogen) atoms. The molecular weight excluding hydrogens is 392 g/mol. The van der Waals surface area contributed by atoms with Gasteiger partial charge in [0.05, 0.1) is 10.6 Å². The van der Waals surface area contributed by atoms with Gasteiger partial charge in [-0.05, 0) is 50.8 Å². The third-order valence-corrected chi connectivity index (χ3v) is 7.28. The van der Waals surface area contributed by atoms with Gasteiger partial charge < -0.3 is 9.64 Å². The van der Waals surface area contributed by atoms with Crippen molar-refractivity contribution in [1.82, 2.24) is 9.21 Å². The van der Waals surface area contributed by atoms with Crippen molar-refractivity contribution in [3.05, 3.63) is 28.8 Å². The first-order valence-electron chi connectivity index (χ1n) is 9.10. The van der Waals surface area contributed by atoms with Gasteiger partial charge in [0.15, 0.2) is 6.10 Å². The van der Waals surface area contributed by atoms with Crippen LogP contribution in [0.15, 0.2) is 23.1 Å². The van der Waals surface area contributed by atoms with Crippen LogP contribution in [0.2, 0.25) is 5.02 Å². The number of ether oxygens (including phenoxy) is 1. The van der Waals surface area contributed by atoms with Gasteiger partial charge in [-0.2, -0.15) is 4.31 Å². The number of amides is 1. The number of hydrogen-bond acceptors (Lipinski definition) is 5. The molecule has 1 amide bonds. The van der Waals surface area contributed by atoms with E-state index in [-0.39, 0.29) is 21.4 Å². The zero-order valence-corrected chi connectivity index (χ0v) is 16.8. The SMILES string of the molecule is CC(OC(=O)c1ccc(Cl)c(S(=O)(=O)N2CCCC2)c1)C(=O)N1CCCC1. The summed E-state index contributed by atoms with van der Waals surface area (Å²) in [4.78, 5) is 26.3. The highest BCUT2D eigenvalue weighted by atomic mass is 35.5. The molecule has 2 aliphatic heterocycles. The van der Waals surface area contributed by atoms with E-state index in [9.17, 15) is 18.0 Å². The number of carbonyl (C=O) groups excluding carboxylic acids is 2. The summed E-state index contributed by atoms with van der Waals surface area (Å²) in [7, 11) is -3.76. The fraction of sp³-hybridized carbons (Fsp3) is 0.556. The molecule has 2 fully saturated rings. The van der Waals surface area contributed by atoms with Crippen molar-refractivity contribution in [1.29, 1.82) is 0 Å². The molecule has 1 unspecified atom stereocenters. The molecule has 1 atom stereocenters. The highest BCUT2D eigenvalue weighted by molar-refractivity contribution is 7.89. The molecule has 0 bridgehead atoms. The highest BCUT2D eigenvalue weighted by Gasteiger charge is 2.31. The lowest BCUT2D eigenvalue weighted by Crippen LogP contribution is -2.38. The summed E-state index contributed by atoms with van der Waals surface area (Å²) >= 11 is 6.09. The van der Waals surface area contributed by atoms with Crippen molar-refractivity contribution in [3.63, 3.8) is 0 Å². The molecular formula is C18H23ClN2O5S. The number of hydrogen-bond donors (Lipinski definition) is 0. The van der Waals surface area contributed by atoms with Gasteiger partial charge >= 0.3 is 5.97 Å². The largest absolute Gasteiger partial charge is 0.449 e. The average molecular weight is 415 g/mol. The van der Waals surface area contributed by atoms with E-state index in [1.165, 1.54) is 29.4 Å². The van der Waals surface area contributed by atoms with Crippen molar-refractivity contribution < 1.29 is 22.7 Å². The van der Waals surface area contributed by atoms with Gasteiger partial charge in [0.1, 0.15) is 4.90 Å². The average Bonchev–Trinajstić information content (AvgIpc) is 3.34. The van der Waals surface area contributed by atoms with Gasteiger partial charge in [-0.1, -0.05) is 11.6 Å². The minimum Gasteiger partial charge on any atom is -0.449 e. The Kier molecular flexibility index (Phi) is 6.08. The van der Waals surface area contributed by atoms with Crippen LogP contribution in [0.1, 0.15) is 43.0 Å². The van der Waals surface area contributed by atoms with Gasteiger partial charge in [-0.15, -0.1) is 0 Å². The number of likely N-dealkylation sites (tertiary alicyclic amines) is 1. The van der Waals surface area contributed by atoms with Gasteiger partial charge in [0.2, 0.25) is 10.0 Å². The topological polar surface area (TPSA) is 84.0 Å². The first-order chi connectivity index (χ1) is 12.8. The van der Waals surface area contributed by atoms with Crippen LogP contribution in [0.4, 0.5) is 0 Å². The van der Waals surface area contributed by atoms with Crippen molar-refractivity contribution in [2.45, 2.75) is 43.6 Å². The van der Waals surface area contributed by atoms with Gasteiger partial charge in [-0.3, -0.25) is 4.79 Å². The monoisotopic (exact) mass is 414 g/mol. The standard InChI is InChI=1S/C18H23ClN2O5S/c1-13(17(22)20-8-2-3-9-20)26-18(23)14-6-7-15(19)16(12-14)27(24,25)21-10-4-5-11-21/h6-7,12-13H,2-5,8-11H2,1H3. The van der Waals surface area contributed by atoms with Crippen LogP contribution in [-0.4, -0.2) is 61.8 Å². The second kappa shape index (κ2) is 8.16. The minimum atomic E-state index is -3.76. The number of benzene rings is 1. The second-order valence-corrected chi connectivity index (χ2v) is 9.15. The zero-order valence-electron chi connectivity index (χ0n) is 15.2. The maximum atomic E-state index is 12.8. The predicted octanol–water partition coefficient (Wildman–Crippen LogP) is 2.29. The van der Waals surface area contributed by atoms with Crippen molar-refractivity contribution in [2.75, 3.05) is 26.2 Å². The van der Waals surface area contributed by atoms with Gasteiger partial charge in [0.25, 0.3) is 5.91 Å². The molecule has 2 saturated heterocycles. The lowest BCUT2D eigenvalue weighted by molar-refractivity contribution is -0.138. The molecule has 7 nitrogen and oxygen atoms in total. The summed E-state index contributed by atoms with van der Waals surface area (Å²) in [5.41, 5.74) is 0.0539. The fourth-order valence-corrected chi connectivity index (χ4v) is 5.39. The van der Waals surface area contributed by atoms with Gasteiger partial charge in [0, 0.05) is 26.2 Å². The third-order valence-electron chi connectivity index (χ3n) is 4.90. The second-order valence-electron chi connectivity index (χ2n) is 6.84. The van der Waals surface area contributed by atoms with E-state index >= 15 is 0 Å². The molecule has 1 aromatic carbocycles. The maximum Gasteiger partial charge on any atom is 0.338 e. The molecule has 0 spiro atoms. The number of carbonyl (C=O) groups is 2. The maximum absolute atomic E-state index is 12.8. The number of nitrogens with zero attached hydrogens (tertiary/aromatic N) is 2. The van der Waals surface area contributed by atoms with Crippen LogP contribution >= 0.6 is 11.6 Å². The minimum absolute atomic E-state index is 0.0539. The Bertz CT molecular complexity index is 830. The summed E-state index contributed by atoms with van der Waals surface area (Å²) in [6.45, 7) is 3.74.